The van der Waals surface area contributed by atoms with E-state index in [9.17, 15) is 0 Å². The molecule has 0 radical (unpaired) electrons. The van der Waals surface area contributed by atoms with Crippen molar-refractivity contribution in [3.63, 3.8) is 0 Å². The third-order valence-electron chi connectivity index (χ3n) is 4.79. The maximum absolute atomic E-state index is 5.41. The van der Waals surface area contributed by atoms with Crippen LogP contribution < -0.4 is 10.6 Å². The van der Waals surface area contributed by atoms with Crippen LogP contribution in [0, 0.1) is 6.92 Å². The van der Waals surface area contributed by atoms with Gasteiger partial charge in [0.15, 0.2) is 11.8 Å². The number of aryl methyl sites for hydroxylation is 1. The number of aromatic nitrogens is 3. The molecule has 0 bridgehead atoms. The van der Waals surface area contributed by atoms with E-state index in [-0.39, 0.29) is 0 Å². The van der Waals surface area contributed by atoms with Gasteiger partial charge in [-0.3, -0.25) is 4.90 Å². The van der Waals surface area contributed by atoms with E-state index in [1.165, 1.54) is 4.90 Å². The Labute approximate surface area is 177 Å². The summed E-state index contributed by atoms with van der Waals surface area (Å²) in [5.74, 6) is 3.53. The molecule has 1 saturated heterocycles. The van der Waals surface area contributed by atoms with Crippen LogP contribution in [0.4, 0.5) is 0 Å². The molecule has 1 fully saturated rings. The van der Waals surface area contributed by atoms with Gasteiger partial charge >= 0.3 is 0 Å². The minimum absolute atomic E-state index is 0.496. The minimum Gasteiger partial charge on any atom is -0.379 e. The summed E-state index contributed by atoms with van der Waals surface area (Å²) in [4.78, 5) is 8.40. The van der Waals surface area contributed by atoms with Crippen molar-refractivity contribution >= 4 is 17.7 Å². The molecule has 3 rings (SSSR count). The third-order valence-corrected chi connectivity index (χ3v) is 5.81. The highest BCUT2D eigenvalue weighted by atomic mass is 32.2. The van der Waals surface area contributed by atoms with E-state index in [4.69, 9.17) is 9.73 Å². The van der Waals surface area contributed by atoms with Crippen molar-refractivity contribution in [1.82, 2.24) is 30.3 Å². The molecule has 2 heterocycles. The second kappa shape index (κ2) is 11.8. The Balaban J connectivity index is 1.48. The fourth-order valence-corrected chi connectivity index (χ4v) is 3.71. The van der Waals surface area contributed by atoms with Crippen LogP contribution in [0.15, 0.2) is 40.2 Å². The molecule has 0 amide bonds. The van der Waals surface area contributed by atoms with Gasteiger partial charge in [0.25, 0.3) is 0 Å². The quantitative estimate of drug-likeness (QED) is 0.275. The number of morpholine rings is 1. The van der Waals surface area contributed by atoms with Crippen molar-refractivity contribution in [2.24, 2.45) is 12.0 Å². The smallest absolute Gasteiger partial charge is 0.191 e. The molecule has 158 valence electrons. The number of guanidine groups is 1. The van der Waals surface area contributed by atoms with Crippen molar-refractivity contribution in [3.8, 4) is 0 Å². The number of thioether (sulfide) groups is 1. The second-order valence-electron chi connectivity index (χ2n) is 6.86. The van der Waals surface area contributed by atoms with Crippen LogP contribution in [0.3, 0.4) is 0 Å². The zero-order valence-electron chi connectivity index (χ0n) is 17.3. The van der Waals surface area contributed by atoms with Gasteiger partial charge in [-0.1, -0.05) is 18.2 Å². The van der Waals surface area contributed by atoms with E-state index in [0.717, 1.165) is 69.3 Å². The van der Waals surface area contributed by atoms with Crippen LogP contribution in [0.2, 0.25) is 0 Å². The van der Waals surface area contributed by atoms with Gasteiger partial charge in [0.2, 0.25) is 0 Å². The standard InChI is InChI=1S/C20H31N7OS/c1-17-24-25-19(26(17)2)16-23-20(21-8-10-27-11-13-28-14-12-27)22-9-15-29-18-6-4-3-5-7-18/h3-7H,8-16H2,1-2H3,(H2,21,22,23). The number of ether oxygens (including phenoxy) is 1. The summed E-state index contributed by atoms with van der Waals surface area (Å²) in [5.41, 5.74) is 0. The fourth-order valence-electron chi connectivity index (χ4n) is 2.92. The first-order valence-electron chi connectivity index (χ1n) is 10.1. The number of benzene rings is 1. The van der Waals surface area contributed by atoms with Gasteiger partial charge in [-0.05, 0) is 19.1 Å². The number of nitrogens with zero attached hydrogens (tertiary/aromatic N) is 5. The Bertz CT molecular complexity index is 759. The first-order chi connectivity index (χ1) is 14.2. The summed E-state index contributed by atoms with van der Waals surface area (Å²) in [6, 6.07) is 10.4. The molecule has 29 heavy (non-hydrogen) atoms. The lowest BCUT2D eigenvalue weighted by Gasteiger charge is -2.26. The summed E-state index contributed by atoms with van der Waals surface area (Å²) in [6.07, 6.45) is 0. The average molecular weight is 418 g/mol. The summed E-state index contributed by atoms with van der Waals surface area (Å²) in [6.45, 7) is 8.73. The van der Waals surface area contributed by atoms with Gasteiger partial charge in [-0.2, -0.15) is 0 Å². The normalized spacial score (nSPS) is 15.4. The first-order valence-corrected chi connectivity index (χ1v) is 11.1. The Kier molecular flexibility index (Phi) is 8.79. The Hall–Kier alpha value is -2.10. The predicted octanol–water partition coefficient (Wildman–Crippen LogP) is 1.28. The molecule has 8 nitrogen and oxygen atoms in total. The molecule has 2 N–H and O–H groups in total. The largest absolute Gasteiger partial charge is 0.379 e. The maximum atomic E-state index is 5.41. The van der Waals surface area contributed by atoms with Crippen molar-refractivity contribution in [1.29, 1.82) is 0 Å². The highest BCUT2D eigenvalue weighted by molar-refractivity contribution is 7.99. The molecule has 0 spiro atoms. The van der Waals surface area contributed by atoms with Crippen molar-refractivity contribution in [3.05, 3.63) is 42.0 Å². The van der Waals surface area contributed by atoms with Crippen LogP contribution in [0.1, 0.15) is 11.6 Å². The van der Waals surface area contributed by atoms with E-state index in [2.05, 4.69) is 50.0 Å². The van der Waals surface area contributed by atoms with Crippen molar-refractivity contribution in [2.45, 2.75) is 18.4 Å². The lowest BCUT2D eigenvalue weighted by molar-refractivity contribution is 0.0389. The van der Waals surface area contributed by atoms with Crippen LogP contribution in [0.25, 0.3) is 0 Å². The monoisotopic (exact) mass is 417 g/mol. The lowest BCUT2D eigenvalue weighted by atomic mass is 10.4. The van der Waals surface area contributed by atoms with E-state index < -0.39 is 0 Å². The number of nitrogens with one attached hydrogen (secondary N) is 2. The van der Waals surface area contributed by atoms with E-state index in [0.29, 0.717) is 6.54 Å². The highest BCUT2D eigenvalue weighted by Crippen LogP contribution is 2.15. The zero-order chi connectivity index (χ0) is 20.3. The lowest BCUT2D eigenvalue weighted by Crippen LogP contribution is -2.44. The van der Waals surface area contributed by atoms with E-state index >= 15 is 0 Å². The summed E-state index contributed by atoms with van der Waals surface area (Å²) in [7, 11) is 1.97. The Morgan fingerprint density at radius 3 is 2.62 bits per heavy atom. The number of rotatable bonds is 9. The van der Waals surface area contributed by atoms with E-state index in [1.807, 2.05) is 36.4 Å². The SMILES string of the molecule is Cc1nnc(CN=C(NCCSc2ccccc2)NCCN2CCOCC2)n1C. The van der Waals surface area contributed by atoms with E-state index in [1.54, 1.807) is 0 Å². The summed E-state index contributed by atoms with van der Waals surface area (Å²) < 4.78 is 7.39. The van der Waals surface area contributed by atoms with Gasteiger partial charge in [0, 0.05) is 50.4 Å². The molecule has 1 aromatic heterocycles. The van der Waals surface area contributed by atoms with Gasteiger partial charge in [0.1, 0.15) is 12.4 Å². The molecule has 0 atom stereocenters. The molecular formula is C20H31N7OS. The molecule has 0 aliphatic carbocycles. The van der Waals surface area contributed by atoms with Gasteiger partial charge in [0.05, 0.1) is 13.2 Å². The minimum atomic E-state index is 0.496. The van der Waals surface area contributed by atoms with Crippen molar-refractivity contribution < 1.29 is 4.74 Å². The number of hydrogen-bond donors (Lipinski definition) is 2. The molecule has 0 saturated carbocycles. The molecule has 2 aromatic rings. The first kappa shape index (κ1) is 21.6. The molecule has 9 heteroatoms. The Morgan fingerprint density at radius 1 is 1.14 bits per heavy atom. The Morgan fingerprint density at radius 2 is 1.90 bits per heavy atom. The van der Waals surface area contributed by atoms with Gasteiger partial charge in [-0.15, -0.1) is 22.0 Å². The highest BCUT2D eigenvalue weighted by Gasteiger charge is 2.10. The predicted molar refractivity (Wildman–Crippen MR) is 117 cm³/mol. The van der Waals surface area contributed by atoms with Crippen molar-refractivity contribution in [2.75, 3.05) is 51.7 Å². The summed E-state index contributed by atoms with van der Waals surface area (Å²) in [5, 5.41) is 15.2. The van der Waals surface area contributed by atoms with Crippen LogP contribution >= 0.6 is 11.8 Å². The van der Waals surface area contributed by atoms with Gasteiger partial charge < -0.3 is 19.9 Å². The van der Waals surface area contributed by atoms with Crippen LogP contribution in [-0.4, -0.2) is 77.3 Å². The summed E-state index contributed by atoms with van der Waals surface area (Å²) >= 11 is 1.84. The topological polar surface area (TPSA) is 79.6 Å². The maximum Gasteiger partial charge on any atom is 0.191 e. The fraction of sp³-hybridized carbons (Fsp3) is 0.550. The van der Waals surface area contributed by atoms with Crippen LogP contribution in [-0.2, 0) is 18.3 Å². The number of aliphatic imine (C=N–C) groups is 1. The number of hydrogen-bond acceptors (Lipinski definition) is 6. The molecule has 1 aliphatic rings. The molecular weight excluding hydrogens is 386 g/mol. The average Bonchev–Trinajstić information content (AvgIpc) is 3.08. The van der Waals surface area contributed by atoms with Gasteiger partial charge in [-0.25, -0.2) is 4.99 Å². The van der Waals surface area contributed by atoms with Crippen LogP contribution in [0.5, 0.6) is 0 Å². The second-order valence-corrected chi connectivity index (χ2v) is 8.02. The molecule has 0 unspecified atom stereocenters. The molecule has 1 aromatic carbocycles. The molecule has 1 aliphatic heterocycles. The zero-order valence-corrected chi connectivity index (χ0v) is 18.1. The third kappa shape index (κ3) is 7.34.